The first kappa shape index (κ1) is 24.3. The molecule has 6 rings (SSSR count). The highest BCUT2D eigenvalue weighted by atomic mass is 32.2. The van der Waals surface area contributed by atoms with Crippen LogP contribution in [0.3, 0.4) is 0 Å². The van der Waals surface area contributed by atoms with Gasteiger partial charge in [-0.25, -0.2) is 0 Å². The second-order valence-electron chi connectivity index (χ2n) is 8.88. The Morgan fingerprint density at radius 1 is 1.05 bits per heavy atom. The molecule has 3 heterocycles. The minimum absolute atomic E-state index is 0.0214. The van der Waals surface area contributed by atoms with E-state index in [1.54, 1.807) is 59.3 Å². The van der Waals surface area contributed by atoms with Crippen LogP contribution >= 0.6 is 11.8 Å². The molecule has 4 aromatic rings. The minimum atomic E-state index is -0.421. The molecule has 1 saturated heterocycles. The molecule has 0 unspecified atom stereocenters. The monoisotopic (exact) mass is 536 g/mol. The van der Waals surface area contributed by atoms with Crippen LogP contribution in [0.15, 0.2) is 77.8 Å². The minimum Gasteiger partial charge on any atom is -0.454 e. The first-order valence-corrected chi connectivity index (χ1v) is 12.8. The molecule has 1 N–H and O–H groups in total. The van der Waals surface area contributed by atoms with Gasteiger partial charge in [-0.1, -0.05) is 36.4 Å². The maximum atomic E-state index is 13.2. The molecule has 0 aliphatic carbocycles. The number of rotatable bonds is 6. The third kappa shape index (κ3) is 4.71. The molecule has 3 aromatic carbocycles. The number of fused-ring (bicyclic) bond motifs is 2. The number of thioether (sulfide) groups is 1. The third-order valence-electron chi connectivity index (χ3n) is 6.42. The van der Waals surface area contributed by atoms with Crippen molar-refractivity contribution >= 4 is 51.5 Å². The second-order valence-corrected chi connectivity index (χ2v) is 9.88. The number of anilines is 1. The van der Waals surface area contributed by atoms with Crippen molar-refractivity contribution in [2.45, 2.75) is 13.1 Å². The summed E-state index contributed by atoms with van der Waals surface area (Å²) in [5, 5.41) is 12.7. The summed E-state index contributed by atoms with van der Waals surface area (Å²) in [6, 6.07) is 21.7. The molecule has 2 aliphatic rings. The maximum Gasteiger partial charge on any atom is 0.293 e. The van der Waals surface area contributed by atoms with Gasteiger partial charge in [-0.05, 0) is 47.7 Å². The fraction of sp³-hybridized carbons (Fsp3) is 0.103. The number of para-hydroxylation sites is 1. The van der Waals surface area contributed by atoms with Crippen LogP contribution in [0.2, 0.25) is 0 Å². The van der Waals surface area contributed by atoms with Crippen molar-refractivity contribution in [1.82, 2.24) is 9.47 Å². The van der Waals surface area contributed by atoms with Crippen molar-refractivity contribution in [2.75, 3.05) is 12.1 Å². The number of imide groups is 1. The van der Waals surface area contributed by atoms with Gasteiger partial charge in [0.25, 0.3) is 11.1 Å². The Bertz CT molecular complexity index is 1740. The molecule has 3 amide bonds. The molecule has 192 valence electrons. The summed E-state index contributed by atoms with van der Waals surface area (Å²) in [6.07, 6.45) is 3.47. The van der Waals surface area contributed by atoms with Gasteiger partial charge in [0, 0.05) is 34.4 Å². The van der Waals surface area contributed by atoms with E-state index in [-0.39, 0.29) is 30.7 Å². The summed E-state index contributed by atoms with van der Waals surface area (Å²) in [7, 11) is 0. The Kier molecular flexibility index (Phi) is 6.26. The lowest BCUT2D eigenvalue weighted by Gasteiger charge is -2.13. The van der Waals surface area contributed by atoms with Crippen molar-refractivity contribution in [2.24, 2.45) is 0 Å². The molecule has 2 aliphatic heterocycles. The van der Waals surface area contributed by atoms with Gasteiger partial charge in [0.1, 0.15) is 6.54 Å². The van der Waals surface area contributed by atoms with E-state index in [2.05, 4.69) is 11.4 Å². The van der Waals surface area contributed by atoms with Crippen LogP contribution in [-0.2, 0) is 22.7 Å². The lowest BCUT2D eigenvalue weighted by molar-refractivity contribution is -0.123. The van der Waals surface area contributed by atoms with E-state index in [9.17, 15) is 19.6 Å². The average molecular weight is 537 g/mol. The zero-order valence-electron chi connectivity index (χ0n) is 20.4. The van der Waals surface area contributed by atoms with Gasteiger partial charge in [-0.3, -0.25) is 19.3 Å². The summed E-state index contributed by atoms with van der Waals surface area (Å²) < 4.78 is 12.5. The van der Waals surface area contributed by atoms with Gasteiger partial charge in [0.2, 0.25) is 12.7 Å². The molecule has 1 fully saturated rings. The normalized spacial score (nSPS) is 15.3. The zero-order valence-corrected chi connectivity index (χ0v) is 21.2. The Labute approximate surface area is 227 Å². The van der Waals surface area contributed by atoms with Crippen molar-refractivity contribution < 1.29 is 23.9 Å². The quantitative estimate of drug-likeness (QED) is 0.340. The summed E-state index contributed by atoms with van der Waals surface area (Å²) in [5.41, 5.74) is 3.14. The van der Waals surface area contributed by atoms with Crippen molar-refractivity contribution in [3.8, 4) is 17.6 Å². The largest absolute Gasteiger partial charge is 0.454 e. The lowest BCUT2D eigenvalue weighted by atomic mass is 10.1. The van der Waals surface area contributed by atoms with E-state index in [1.165, 1.54) is 0 Å². The number of carbonyl (C=O) groups is 3. The van der Waals surface area contributed by atoms with Gasteiger partial charge in [-0.2, -0.15) is 5.26 Å². The number of amides is 3. The van der Waals surface area contributed by atoms with Crippen molar-refractivity contribution in [1.29, 1.82) is 5.26 Å². The average Bonchev–Trinajstić information content (AvgIpc) is 3.62. The highest BCUT2D eigenvalue weighted by Gasteiger charge is 2.35. The lowest BCUT2D eigenvalue weighted by Crippen LogP contribution is -2.27. The van der Waals surface area contributed by atoms with Crippen molar-refractivity contribution in [3.05, 3.63) is 94.5 Å². The Hall–Kier alpha value is -5.01. The Morgan fingerprint density at radius 3 is 2.72 bits per heavy atom. The predicted molar refractivity (Wildman–Crippen MR) is 146 cm³/mol. The number of hydrogen-bond acceptors (Lipinski definition) is 7. The van der Waals surface area contributed by atoms with Gasteiger partial charge in [0.05, 0.1) is 23.1 Å². The number of carbonyl (C=O) groups excluding carboxylic acids is 3. The molecule has 0 radical (unpaired) electrons. The van der Waals surface area contributed by atoms with Crippen LogP contribution in [0.5, 0.6) is 11.5 Å². The number of aromatic nitrogens is 1. The summed E-state index contributed by atoms with van der Waals surface area (Å²) >= 11 is 0.858. The van der Waals surface area contributed by atoms with Gasteiger partial charge in [0.15, 0.2) is 11.5 Å². The SMILES string of the molecule is N#Cc1ccccc1CN1C(=O)S/C(=C\c2cn(CC(=O)Nc3ccc4c(c3)OCO4)c3ccccc23)C1=O. The zero-order chi connectivity index (χ0) is 26.9. The first-order valence-electron chi connectivity index (χ1n) is 12.0. The van der Waals surface area contributed by atoms with Gasteiger partial charge < -0.3 is 19.4 Å². The van der Waals surface area contributed by atoms with Gasteiger partial charge in [-0.15, -0.1) is 0 Å². The van der Waals surface area contributed by atoms with Crippen molar-refractivity contribution in [3.63, 3.8) is 0 Å². The topological polar surface area (TPSA) is 114 Å². The van der Waals surface area contributed by atoms with E-state index >= 15 is 0 Å². The van der Waals surface area contributed by atoms with E-state index in [4.69, 9.17) is 9.47 Å². The van der Waals surface area contributed by atoms with Crippen LogP contribution in [0.4, 0.5) is 10.5 Å². The number of benzene rings is 3. The third-order valence-corrected chi connectivity index (χ3v) is 7.32. The Morgan fingerprint density at radius 2 is 1.85 bits per heavy atom. The smallest absolute Gasteiger partial charge is 0.293 e. The fourth-order valence-electron chi connectivity index (χ4n) is 4.57. The Balaban J connectivity index is 1.24. The molecule has 39 heavy (non-hydrogen) atoms. The van der Waals surface area contributed by atoms with E-state index in [1.807, 2.05) is 24.3 Å². The molecule has 0 saturated carbocycles. The molecule has 10 heteroatoms. The van der Waals surface area contributed by atoms with E-state index in [0.717, 1.165) is 27.6 Å². The first-order chi connectivity index (χ1) is 19.0. The number of nitrogens with one attached hydrogen (secondary N) is 1. The molecule has 0 spiro atoms. The highest BCUT2D eigenvalue weighted by Crippen LogP contribution is 2.36. The van der Waals surface area contributed by atoms with Crippen LogP contribution in [0.25, 0.3) is 17.0 Å². The fourth-order valence-corrected chi connectivity index (χ4v) is 5.39. The van der Waals surface area contributed by atoms with E-state index < -0.39 is 11.1 Å². The van der Waals surface area contributed by atoms with Gasteiger partial charge >= 0.3 is 0 Å². The van der Waals surface area contributed by atoms with Crippen LogP contribution in [0.1, 0.15) is 16.7 Å². The molecule has 0 bridgehead atoms. The summed E-state index contributed by atoms with van der Waals surface area (Å²) in [5.74, 6) is 0.548. The predicted octanol–water partition coefficient (Wildman–Crippen LogP) is 5.12. The number of ether oxygens (including phenoxy) is 2. The van der Waals surface area contributed by atoms with E-state index in [0.29, 0.717) is 33.9 Å². The van der Waals surface area contributed by atoms with Crippen LogP contribution in [0, 0.1) is 11.3 Å². The standard InChI is InChI=1S/C29H20N4O5S/c30-13-18-5-1-2-6-19(18)15-33-28(35)26(39-29(33)36)11-20-14-32(23-8-4-3-7-22(20)23)16-27(34)31-21-9-10-24-25(12-21)38-17-37-24/h1-12,14H,15-17H2,(H,31,34)/b26-11-. The molecule has 1 aromatic heterocycles. The second kappa shape index (κ2) is 10.0. The number of hydrogen-bond donors (Lipinski definition) is 1. The van der Waals surface area contributed by atoms with Crippen LogP contribution in [-0.4, -0.2) is 33.3 Å². The molecular weight excluding hydrogens is 516 g/mol. The summed E-state index contributed by atoms with van der Waals surface area (Å²) in [6.45, 7) is 0.209. The summed E-state index contributed by atoms with van der Waals surface area (Å²) in [4.78, 5) is 40.2. The number of nitrogens with zero attached hydrogens (tertiary/aromatic N) is 3. The number of nitriles is 1. The maximum absolute atomic E-state index is 13.2. The molecule has 9 nitrogen and oxygen atoms in total. The highest BCUT2D eigenvalue weighted by molar-refractivity contribution is 8.18. The molecular formula is C29H20N4O5S. The van der Waals surface area contributed by atoms with Crippen LogP contribution < -0.4 is 14.8 Å². The molecule has 0 atom stereocenters.